The topological polar surface area (TPSA) is 60.5 Å². The normalized spacial score (nSPS) is 12.7. The number of anilines is 1. The maximum atomic E-state index is 12.4. The third-order valence-electron chi connectivity index (χ3n) is 4.55. The third-order valence-corrected chi connectivity index (χ3v) is 4.55. The summed E-state index contributed by atoms with van der Waals surface area (Å²) < 4.78 is 11.1. The van der Waals surface area contributed by atoms with Crippen molar-refractivity contribution in [3.63, 3.8) is 0 Å². The van der Waals surface area contributed by atoms with E-state index >= 15 is 0 Å². The van der Waals surface area contributed by atoms with E-state index in [1.807, 2.05) is 72.8 Å². The van der Waals surface area contributed by atoms with Gasteiger partial charge in [0.05, 0.1) is 5.69 Å². The molecule has 0 atom stereocenters. The van der Waals surface area contributed by atoms with Gasteiger partial charge in [0.15, 0.2) is 11.5 Å². The third kappa shape index (κ3) is 5.23. The molecule has 1 N–H and O–H groups in total. The van der Waals surface area contributed by atoms with E-state index in [-0.39, 0.29) is 5.91 Å². The summed E-state index contributed by atoms with van der Waals surface area (Å²) in [6.45, 7) is 1.13. The smallest absolute Gasteiger partial charge is 0.224 e. The van der Waals surface area contributed by atoms with Gasteiger partial charge in [-0.15, -0.1) is 0 Å². The summed E-state index contributed by atoms with van der Waals surface area (Å²) in [5, 5.41) is 2.97. The van der Waals surface area contributed by atoms with Crippen LogP contribution in [-0.2, 0) is 11.2 Å². The van der Waals surface area contributed by atoms with E-state index in [0.29, 0.717) is 26.1 Å². The number of hydrogen-bond donors (Lipinski definition) is 1. The highest BCUT2D eigenvalue weighted by Gasteiger charge is 2.12. The fourth-order valence-electron chi connectivity index (χ4n) is 3.10. The molecule has 3 aromatic rings. The second-order valence-corrected chi connectivity index (χ2v) is 6.74. The van der Waals surface area contributed by atoms with Crippen molar-refractivity contribution in [3.05, 3.63) is 83.7 Å². The van der Waals surface area contributed by atoms with Gasteiger partial charge in [0.2, 0.25) is 5.91 Å². The molecule has 2 aromatic carbocycles. The first kappa shape index (κ1) is 18.7. The largest absolute Gasteiger partial charge is 0.486 e. The van der Waals surface area contributed by atoms with E-state index < -0.39 is 0 Å². The number of pyridine rings is 1. The molecule has 0 aliphatic carbocycles. The SMILES string of the molecule is O=C(CCc1ccc2c(c1)OCCO2)Nc1cccc(/C=C/c2ccccn2)c1. The quantitative estimate of drug-likeness (QED) is 0.673. The summed E-state index contributed by atoms with van der Waals surface area (Å²) >= 11 is 0. The minimum Gasteiger partial charge on any atom is -0.486 e. The van der Waals surface area contributed by atoms with Gasteiger partial charge in [-0.3, -0.25) is 9.78 Å². The average molecular weight is 386 g/mol. The van der Waals surface area contributed by atoms with Crippen molar-refractivity contribution < 1.29 is 14.3 Å². The van der Waals surface area contributed by atoms with E-state index in [4.69, 9.17) is 9.47 Å². The predicted octanol–water partition coefficient (Wildman–Crippen LogP) is 4.59. The molecule has 0 radical (unpaired) electrons. The summed E-state index contributed by atoms with van der Waals surface area (Å²) in [6, 6.07) is 19.4. The molecule has 0 saturated carbocycles. The van der Waals surface area contributed by atoms with Gasteiger partial charge in [-0.1, -0.05) is 30.3 Å². The molecule has 1 amide bonds. The molecule has 4 rings (SSSR count). The molecule has 5 nitrogen and oxygen atoms in total. The van der Waals surface area contributed by atoms with Gasteiger partial charge in [0, 0.05) is 18.3 Å². The highest BCUT2D eigenvalue weighted by Crippen LogP contribution is 2.31. The number of fused-ring (bicyclic) bond motifs is 1. The van der Waals surface area contributed by atoms with E-state index in [0.717, 1.165) is 34.0 Å². The molecule has 0 bridgehead atoms. The van der Waals surface area contributed by atoms with Crippen LogP contribution in [0.25, 0.3) is 12.2 Å². The van der Waals surface area contributed by atoms with Crippen LogP contribution in [0.3, 0.4) is 0 Å². The van der Waals surface area contributed by atoms with Crippen molar-refractivity contribution in [1.82, 2.24) is 4.98 Å². The van der Waals surface area contributed by atoms with Gasteiger partial charge in [-0.05, 0) is 60.0 Å². The van der Waals surface area contributed by atoms with Crippen LogP contribution in [0, 0.1) is 0 Å². The zero-order valence-corrected chi connectivity index (χ0v) is 16.0. The first-order valence-corrected chi connectivity index (χ1v) is 9.64. The summed E-state index contributed by atoms with van der Waals surface area (Å²) in [4.78, 5) is 16.6. The van der Waals surface area contributed by atoms with Crippen LogP contribution in [0.5, 0.6) is 11.5 Å². The lowest BCUT2D eigenvalue weighted by Gasteiger charge is -2.18. The molecule has 0 saturated heterocycles. The van der Waals surface area contributed by atoms with E-state index in [2.05, 4.69) is 10.3 Å². The molecule has 2 heterocycles. The molecule has 0 unspecified atom stereocenters. The van der Waals surface area contributed by atoms with Gasteiger partial charge < -0.3 is 14.8 Å². The summed E-state index contributed by atoms with van der Waals surface area (Å²) in [6.07, 6.45) is 6.73. The number of carbonyl (C=O) groups is 1. The Labute approximate surface area is 170 Å². The lowest BCUT2D eigenvalue weighted by Crippen LogP contribution is -2.15. The molecular formula is C24H22N2O3. The molecule has 1 aromatic heterocycles. The highest BCUT2D eigenvalue weighted by atomic mass is 16.6. The fourth-order valence-corrected chi connectivity index (χ4v) is 3.10. The van der Waals surface area contributed by atoms with Crippen LogP contribution < -0.4 is 14.8 Å². The molecule has 0 spiro atoms. The van der Waals surface area contributed by atoms with Crippen molar-refractivity contribution in [2.24, 2.45) is 0 Å². The molecule has 29 heavy (non-hydrogen) atoms. The van der Waals surface area contributed by atoms with E-state index in [9.17, 15) is 4.79 Å². The van der Waals surface area contributed by atoms with Crippen molar-refractivity contribution >= 4 is 23.7 Å². The first-order valence-electron chi connectivity index (χ1n) is 9.64. The number of aromatic nitrogens is 1. The van der Waals surface area contributed by atoms with Crippen LogP contribution in [0.1, 0.15) is 23.2 Å². The van der Waals surface area contributed by atoms with Crippen molar-refractivity contribution in [1.29, 1.82) is 0 Å². The van der Waals surface area contributed by atoms with E-state index in [1.165, 1.54) is 0 Å². The van der Waals surface area contributed by atoms with Crippen LogP contribution in [0.2, 0.25) is 0 Å². The maximum Gasteiger partial charge on any atom is 0.224 e. The number of nitrogens with one attached hydrogen (secondary N) is 1. The summed E-state index contributed by atoms with van der Waals surface area (Å²) in [5.74, 6) is 1.49. The Kier molecular flexibility index (Phi) is 5.86. The van der Waals surface area contributed by atoms with Crippen LogP contribution in [0.4, 0.5) is 5.69 Å². The lowest BCUT2D eigenvalue weighted by atomic mass is 10.1. The van der Waals surface area contributed by atoms with Gasteiger partial charge in [-0.2, -0.15) is 0 Å². The second-order valence-electron chi connectivity index (χ2n) is 6.74. The van der Waals surface area contributed by atoms with Crippen LogP contribution >= 0.6 is 0 Å². The zero-order chi connectivity index (χ0) is 19.9. The summed E-state index contributed by atoms with van der Waals surface area (Å²) in [5.41, 5.74) is 3.72. The molecular weight excluding hydrogens is 364 g/mol. The minimum absolute atomic E-state index is 0.0225. The zero-order valence-electron chi connectivity index (χ0n) is 16.0. The van der Waals surface area contributed by atoms with E-state index in [1.54, 1.807) is 6.20 Å². The fraction of sp³-hybridized carbons (Fsp3) is 0.167. The highest BCUT2D eigenvalue weighted by molar-refractivity contribution is 5.91. The van der Waals surface area contributed by atoms with Gasteiger partial charge in [0.25, 0.3) is 0 Å². The molecule has 146 valence electrons. The van der Waals surface area contributed by atoms with Crippen molar-refractivity contribution in [2.75, 3.05) is 18.5 Å². The number of amides is 1. The predicted molar refractivity (Wildman–Crippen MR) is 114 cm³/mol. The Morgan fingerprint density at radius 3 is 2.72 bits per heavy atom. The molecule has 1 aliphatic rings. The van der Waals surface area contributed by atoms with Gasteiger partial charge >= 0.3 is 0 Å². The minimum atomic E-state index is -0.0225. The number of nitrogens with zero attached hydrogens (tertiary/aromatic N) is 1. The van der Waals surface area contributed by atoms with Crippen LogP contribution in [-0.4, -0.2) is 24.1 Å². The average Bonchev–Trinajstić information content (AvgIpc) is 2.77. The number of carbonyl (C=O) groups excluding carboxylic acids is 1. The number of benzene rings is 2. The number of ether oxygens (including phenoxy) is 2. The number of hydrogen-bond acceptors (Lipinski definition) is 4. The van der Waals surface area contributed by atoms with Gasteiger partial charge in [-0.25, -0.2) is 0 Å². The Morgan fingerprint density at radius 1 is 0.966 bits per heavy atom. The second kappa shape index (κ2) is 9.06. The van der Waals surface area contributed by atoms with Crippen molar-refractivity contribution in [2.45, 2.75) is 12.8 Å². The number of rotatable bonds is 6. The summed E-state index contributed by atoms with van der Waals surface area (Å²) in [7, 11) is 0. The monoisotopic (exact) mass is 386 g/mol. The Hall–Kier alpha value is -3.60. The Morgan fingerprint density at radius 2 is 1.86 bits per heavy atom. The standard InChI is InChI=1S/C24H22N2O3/c27-24(12-9-19-8-11-22-23(17-19)29-15-14-28-22)26-21-6-3-4-18(16-21)7-10-20-5-1-2-13-25-20/h1-8,10-11,13,16-17H,9,12,14-15H2,(H,26,27)/b10-7+. The van der Waals surface area contributed by atoms with Crippen LogP contribution in [0.15, 0.2) is 66.9 Å². The Bertz CT molecular complexity index is 1020. The molecule has 0 fully saturated rings. The molecule has 5 heteroatoms. The van der Waals surface area contributed by atoms with Crippen molar-refractivity contribution in [3.8, 4) is 11.5 Å². The lowest BCUT2D eigenvalue weighted by molar-refractivity contribution is -0.116. The maximum absolute atomic E-state index is 12.4. The first-order chi connectivity index (χ1) is 14.3. The number of aryl methyl sites for hydroxylation is 1. The molecule has 1 aliphatic heterocycles. The Balaban J connectivity index is 1.33. The van der Waals surface area contributed by atoms with Gasteiger partial charge in [0.1, 0.15) is 13.2 Å².